The van der Waals surface area contributed by atoms with Crippen LogP contribution in [0, 0.1) is 5.92 Å². The molecule has 0 aliphatic heterocycles. The second-order valence-corrected chi connectivity index (χ2v) is 9.38. The van der Waals surface area contributed by atoms with Crippen LogP contribution < -0.4 is 15.7 Å². The molecule has 3 N–H and O–H groups in total. The van der Waals surface area contributed by atoms with Crippen LogP contribution in [0.3, 0.4) is 0 Å². The first-order valence-corrected chi connectivity index (χ1v) is 12.5. The molecule has 2 saturated carbocycles. The maximum atomic E-state index is 11.5. The van der Waals surface area contributed by atoms with E-state index >= 15 is 0 Å². The van der Waals surface area contributed by atoms with Gasteiger partial charge in [-0.2, -0.15) is 0 Å². The van der Waals surface area contributed by atoms with Gasteiger partial charge >= 0.3 is 6.09 Å². The van der Waals surface area contributed by atoms with Crippen molar-refractivity contribution in [2.75, 3.05) is 0 Å². The molecule has 2 fully saturated rings. The standard InChI is InChI=1S/C14H19NO4.C12H23N/c1-3-10(2)12(13(16)17)15-14(18)19-9-11-7-5-4-6-8-11;1-3-7-11(8-4-1)13-12-9-5-2-6-10-12/h4-8,10,12H,3,9H2,1-2H3,(H,15,18)(H,16,17);11-13H,1-10H2/t10-,12+;/m0./s1. The molecule has 2 aliphatic rings. The number of carbonyl (C=O) groups is 2. The highest BCUT2D eigenvalue weighted by Gasteiger charge is 2.23. The normalized spacial score (nSPS) is 19.2. The number of hydrogen-bond donors (Lipinski definition) is 2. The Labute approximate surface area is 193 Å². The lowest BCUT2D eigenvalue weighted by Gasteiger charge is -2.27. The summed E-state index contributed by atoms with van der Waals surface area (Å²) in [4.78, 5) is 22.5. The van der Waals surface area contributed by atoms with Gasteiger partial charge in [0.2, 0.25) is 0 Å². The summed E-state index contributed by atoms with van der Waals surface area (Å²) in [6.45, 7) is 3.68. The molecule has 2 aliphatic carbocycles. The molecule has 0 unspecified atom stereocenters. The molecule has 32 heavy (non-hydrogen) atoms. The minimum atomic E-state index is -1.30. The van der Waals surface area contributed by atoms with Crippen LogP contribution >= 0.6 is 0 Å². The van der Waals surface area contributed by atoms with Crippen molar-refractivity contribution in [3.8, 4) is 0 Å². The highest BCUT2D eigenvalue weighted by Crippen LogP contribution is 2.18. The number of carboxylic acids is 1. The predicted octanol–water partition coefficient (Wildman–Crippen LogP) is 3.29. The fraction of sp³-hybridized carbons (Fsp3) is 0.692. The fourth-order valence-electron chi connectivity index (χ4n) is 4.60. The molecule has 1 aromatic carbocycles. The van der Waals surface area contributed by atoms with E-state index in [0.29, 0.717) is 6.42 Å². The lowest BCUT2D eigenvalue weighted by atomic mass is 9.91. The molecule has 6 heteroatoms. The van der Waals surface area contributed by atoms with Gasteiger partial charge in [0.05, 0.1) is 24.1 Å². The first kappa shape index (κ1) is 26.2. The summed E-state index contributed by atoms with van der Waals surface area (Å²) >= 11 is 0. The molecule has 0 radical (unpaired) electrons. The van der Waals surface area contributed by atoms with E-state index in [1.54, 1.807) is 6.92 Å². The van der Waals surface area contributed by atoms with Gasteiger partial charge in [0.25, 0.3) is 0 Å². The monoisotopic (exact) mass is 446 g/mol. The van der Waals surface area contributed by atoms with E-state index in [0.717, 1.165) is 17.6 Å². The van der Waals surface area contributed by atoms with Gasteiger partial charge in [-0.25, -0.2) is 4.79 Å². The van der Waals surface area contributed by atoms with Gasteiger partial charge in [0, 0.05) is 0 Å². The molecule has 0 spiro atoms. The number of carboxylic acid groups (broad SMARTS) is 1. The van der Waals surface area contributed by atoms with Gasteiger partial charge < -0.3 is 25.3 Å². The first-order chi connectivity index (χ1) is 15.5. The van der Waals surface area contributed by atoms with E-state index in [4.69, 9.17) is 4.74 Å². The van der Waals surface area contributed by atoms with Crippen molar-refractivity contribution in [2.45, 2.75) is 109 Å². The fourth-order valence-corrected chi connectivity index (χ4v) is 4.60. The van der Waals surface area contributed by atoms with E-state index in [9.17, 15) is 14.7 Å². The molecule has 0 heterocycles. The molecule has 2 atom stereocenters. The van der Waals surface area contributed by atoms with Crippen LogP contribution in [0.2, 0.25) is 0 Å². The number of amides is 1. The van der Waals surface area contributed by atoms with Crippen molar-refractivity contribution in [3.05, 3.63) is 35.9 Å². The minimum absolute atomic E-state index is 0.104. The number of quaternary nitrogens is 1. The number of alkyl carbamates (subject to hydrolysis) is 1. The first-order valence-electron chi connectivity index (χ1n) is 12.5. The smallest absolute Gasteiger partial charge is 0.408 e. The van der Waals surface area contributed by atoms with Gasteiger partial charge in [-0.05, 0) is 62.8 Å². The second-order valence-electron chi connectivity index (χ2n) is 9.38. The third-order valence-electron chi connectivity index (χ3n) is 6.80. The van der Waals surface area contributed by atoms with Gasteiger partial charge in [0.1, 0.15) is 6.61 Å². The average Bonchev–Trinajstić information content (AvgIpc) is 2.83. The molecule has 0 bridgehead atoms. The number of nitrogens with one attached hydrogen (secondary N) is 1. The van der Waals surface area contributed by atoms with Crippen molar-refractivity contribution >= 4 is 12.1 Å². The summed E-state index contributed by atoms with van der Waals surface area (Å²) in [6.07, 6.45) is 14.8. The van der Waals surface area contributed by atoms with E-state index in [2.05, 4.69) is 10.6 Å². The quantitative estimate of drug-likeness (QED) is 0.641. The Morgan fingerprint density at radius 3 is 2.00 bits per heavy atom. The van der Waals surface area contributed by atoms with E-state index < -0.39 is 18.1 Å². The third-order valence-corrected chi connectivity index (χ3v) is 6.80. The van der Waals surface area contributed by atoms with Crippen molar-refractivity contribution < 1.29 is 24.7 Å². The third kappa shape index (κ3) is 10.0. The van der Waals surface area contributed by atoms with Gasteiger partial charge in [-0.3, -0.25) is 0 Å². The number of carbonyl (C=O) groups excluding carboxylic acids is 2. The SMILES string of the molecule is C1CCC([NH2+]C2CCCCC2)CC1.CC[C@H](C)[C@@H](NC(=O)OCc1ccccc1)C(=O)[O-]. The van der Waals surface area contributed by atoms with Crippen LogP contribution in [0.15, 0.2) is 30.3 Å². The molecule has 1 aromatic rings. The Balaban J connectivity index is 0.000000242. The molecule has 6 nitrogen and oxygen atoms in total. The lowest BCUT2D eigenvalue weighted by Crippen LogP contribution is -2.95. The maximum Gasteiger partial charge on any atom is 0.408 e. The Morgan fingerprint density at radius 2 is 1.53 bits per heavy atom. The molecule has 0 aromatic heterocycles. The van der Waals surface area contributed by atoms with Crippen molar-refractivity contribution in [2.24, 2.45) is 5.92 Å². The molecule has 1 amide bonds. The Bertz CT molecular complexity index is 639. The summed E-state index contributed by atoms with van der Waals surface area (Å²) in [5, 5.41) is 16.0. The summed E-state index contributed by atoms with van der Waals surface area (Å²) < 4.78 is 4.96. The predicted molar refractivity (Wildman–Crippen MR) is 124 cm³/mol. The minimum Gasteiger partial charge on any atom is -0.548 e. The number of hydrogen-bond acceptors (Lipinski definition) is 4. The number of ether oxygens (including phenoxy) is 1. The Hall–Kier alpha value is -2.08. The van der Waals surface area contributed by atoms with Crippen LogP contribution in [-0.2, 0) is 16.1 Å². The summed E-state index contributed by atoms with van der Waals surface area (Å²) in [7, 11) is 0. The second kappa shape index (κ2) is 14.9. The van der Waals surface area contributed by atoms with E-state index in [1.165, 1.54) is 64.2 Å². The van der Waals surface area contributed by atoms with Gasteiger partial charge in [-0.15, -0.1) is 0 Å². The maximum absolute atomic E-state index is 11.5. The largest absolute Gasteiger partial charge is 0.548 e. The van der Waals surface area contributed by atoms with Gasteiger partial charge in [0.15, 0.2) is 0 Å². The van der Waals surface area contributed by atoms with Gasteiger partial charge in [-0.1, -0.05) is 63.4 Å². The number of aliphatic carboxylic acids is 1. The molecule has 180 valence electrons. The molecular weight excluding hydrogens is 404 g/mol. The Kier molecular flexibility index (Phi) is 12.2. The van der Waals surface area contributed by atoms with Crippen LogP contribution in [-0.4, -0.2) is 30.2 Å². The number of nitrogens with two attached hydrogens (primary N) is 1. The Morgan fingerprint density at radius 1 is 1.00 bits per heavy atom. The highest BCUT2D eigenvalue weighted by molar-refractivity contribution is 5.78. The van der Waals surface area contributed by atoms with Crippen LogP contribution in [0.25, 0.3) is 0 Å². The van der Waals surface area contributed by atoms with Crippen LogP contribution in [0.1, 0.15) is 90.0 Å². The van der Waals surface area contributed by atoms with Crippen molar-refractivity contribution in [1.82, 2.24) is 5.32 Å². The lowest BCUT2D eigenvalue weighted by molar-refractivity contribution is -0.725. The zero-order chi connectivity index (χ0) is 23.2. The summed E-state index contributed by atoms with van der Waals surface area (Å²) in [5.41, 5.74) is 0.839. The zero-order valence-electron chi connectivity index (χ0n) is 19.9. The zero-order valence-corrected chi connectivity index (χ0v) is 19.9. The summed E-state index contributed by atoms with van der Waals surface area (Å²) in [6, 6.07) is 10.1. The van der Waals surface area contributed by atoms with Crippen molar-refractivity contribution in [1.29, 1.82) is 0 Å². The van der Waals surface area contributed by atoms with Crippen molar-refractivity contribution in [3.63, 3.8) is 0 Å². The topological polar surface area (TPSA) is 95.1 Å². The molecule has 3 rings (SSSR count). The highest BCUT2D eigenvalue weighted by atomic mass is 16.5. The molecule has 0 saturated heterocycles. The van der Waals surface area contributed by atoms with E-state index in [1.807, 2.05) is 37.3 Å². The van der Waals surface area contributed by atoms with Crippen LogP contribution in [0.4, 0.5) is 4.79 Å². The van der Waals surface area contributed by atoms with Crippen LogP contribution in [0.5, 0.6) is 0 Å². The summed E-state index contributed by atoms with van der Waals surface area (Å²) in [5.74, 6) is -1.51. The number of rotatable bonds is 8. The number of benzene rings is 1. The average molecular weight is 447 g/mol. The molecular formula is C26H42N2O4. The van der Waals surface area contributed by atoms with E-state index in [-0.39, 0.29) is 12.5 Å².